The Morgan fingerprint density at radius 3 is 2.33 bits per heavy atom. The average molecular weight is 469 g/mol. The number of amides is 1. The molecule has 2 heterocycles. The van der Waals surface area contributed by atoms with E-state index >= 15 is 0 Å². The topological polar surface area (TPSA) is 84.7 Å². The van der Waals surface area contributed by atoms with Gasteiger partial charge in [-0.1, -0.05) is 30.3 Å². The van der Waals surface area contributed by atoms with Crippen LogP contribution >= 0.6 is 0 Å². The number of ether oxygens (including phenoxy) is 1. The van der Waals surface area contributed by atoms with Crippen LogP contribution in [0.25, 0.3) is 0 Å². The van der Waals surface area contributed by atoms with Crippen LogP contribution in [0, 0.1) is 13.8 Å². The normalized spacial score (nSPS) is 15.3. The van der Waals surface area contributed by atoms with Gasteiger partial charge in [-0.3, -0.25) is 9.48 Å². The number of sulfonamides is 1. The zero-order chi connectivity index (χ0) is 23.6. The number of para-hydroxylation sites is 2. The molecule has 1 aliphatic heterocycles. The third-order valence-electron chi connectivity index (χ3n) is 5.87. The lowest BCUT2D eigenvalue weighted by molar-refractivity contribution is 0.0761. The van der Waals surface area contributed by atoms with Gasteiger partial charge in [0.15, 0.2) is 0 Å². The third-order valence-corrected chi connectivity index (χ3v) is 8.02. The third kappa shape index (κ3) is 4.65. The first-order chi connectivity index (χ1) is 15.8. The molecule has 1 aromatic heterocycles. The molecule has 0 unspecified atom stereocenters. The fourth-order valence-electron chi connectivity index (χ4n) is 4.11. The smallest absolute Gasteiger partial charge is 0.257 e. The molecule has 9 heteroatoms. The molecular weight excluding hydrogens is 440 g/mol. The summed E-state index contributed by atoms with van der Waals surface area (Å²) in [6, 6.07) is 16.4. The molecular formula is C24H28N4O4S. The first-order valence-corrected chi connectivity index (χ1v) is 12.3. The number of hydrogen-bond donors (Lipinski definition) is 0. The molecule has 1 saturated heterocycles. The molecule has 1 fully saturated rings. The number of rotatable bonds is 5. The van der Waals surface area contributed by atoms with E-state index in [4.69, 9.17) is 4.74 Å². The maximum absolute atomic E-state index is 13.4. The van der Waals surface area contributed by atoms with Gasteiger partial charge >= 0.3 is 0 Å². The zero-order valence-electron chi connectivity index (χ0n) is 19.1. The average Bonchev–Trinajstić information content (AvgIpc) is 2.97. The molecule has 0 bridgehead atoms. The fraction of sp³-hybridized carbons (Fsp3) is 0.333. The van der Waals surface area contributed by atoms with E-state index in [2.05, 4.69) is 5.10 Å². The van der Waals surface area contributed by atoms with Crippen molar-refractivity contribution in [1.82, 2.24) is 19.0 Å². The Morgan fingerprint density at radius 1 is 0.939 bits per heavy atom. The number of carbonyl (C=O) groups excluding carboxylic acids is 1. The van der Waals surface area contributed by atoms with Crippen LogP contribution in [0.4, 0.5) is 0 Å². The van der Waals surface area contributed by atoms with E-state index in [0.29, 0.717) is 54.5 Å². The minimum absolute atomic E-state index is 0.172. The molecule has 0 aliphatic carbocycles. The number of aromatic nitrogens is 2. The summed E-state index contributed by atoms with van der Waals surface area (Å²) in [5, 5.41) is 4.25. The van der Waals surface area contributed by atoms with E-state index in [1.54, 1.807) is 48.7 Å². The van der Waals surface area contributed by atoms with Gasteiger partial charge < -0.3 is 9.64 Å². The van der Waals surface area contributed by atoms with E-state index < -0.39 is 10.0 Å². The molecule has 8 nitrogen and oxygen atoms in total. The highest BCUT2D eigenvalue weighted by Gasteiger charge is 2.33. The Morgan fingerprint density at radius 2 is 1.64 bits per heavy atom. The van der Waals surface area contributed by atoms with Crippen LogP contribution in [0.15, 0.2) is 59.5 Å². The zero-order valence-corrected chi connectivity index (χ0v) is 19.9. The minimum Gasteiger partial charge on any atom is -0.457 e. The molecule has 2 aromatic carbocycles. The first kappa shape index (κ1) is 23.0. The van der Waals surface area contributed by atoms with Crippen molar-refractivity contribution in [3.8, 4) is 11.5 Å². The van der Waals surface area contributed by atoms with E-state index in [0.717, 1.165) is 0 Å². The number of benzene rings is 2. The van der Waals surface area contributed by atoms with Gasteiger partial charge in [0.25, 0.3) is 5.91 Å². The maximum Gasteiger partial charge on any atom is 0.257 e. The number of aryl methyl sites for hydroxylation is 2. The van der Waals surface area contributed by atoms with E-state index in [1.165, 1.54) is 4.31 Å². The van der Waals surface area contributed by atoms with Crippen LogP contribution in [0.3, 0.4) is 0 Å². The van der Waals surface area contributed by atoms with E-state index in [-0.39, 0.29) is 17.3 Å². The Hall–Kier alpha value is -3.17. The lowest BCUT2D eigenvalue weighted by Crippen LogP contribution is -2.37. The number of nitrogens with zero attached hydrogens (tertiary/aromatic N) is 4. The SMILES string of the molecule is Cc1nn(C)c(C)c1S(=O)(=O)N1CCCN(C(=O)c2ccccc2Oc2ccccc2)CC1. The van der Waals surface area contributed by atoms with Crippen LogP contribution in [0.5, 0.6) is 11.5 Å². The summed E-state index contributed by atoms with van der Waals surface area (Å²) >= 11 is 0. The highest BCUT2D eigenvalue weighted by Crippen LogP contribution is 2.28. The molecule has 4 rings (SSSR count). The molecule has 0 saturated carbocycles. The summed E-state index contributed by atoms with van der Waals surface area (Å²) in [6.07, 6.45) is 0.547. The van der Waals surface area contributed by atoms with Crippen LogP contribution in [0.1, 0.15) is 28.2 Å². The molecule has 1 amide bonds. The molecule has 3 aromatic rings. The summed E-state index contributed by atoms with van der Waals surface area (Å²) in [6.45, 7) is 4.80. The van der Waals surface area contributed by atoms with Gasteiger partial charge in [-0.2, -0.15) is 9.40 Å². The van der Waals surface area contributed by atoms with Gasteiger partial charge in [0.05, 0.1) is 17.0 Å². The van der Waals surface area contributed by atoms with Crippen LogP contribution in [-0.4, -0.2) is 59.5 Å². The van der Waals surface area contributed by atoms with Crippen molar-refractivity contribution in [2.75, 3.05) is 26.2 Å². The highest BCUT2D eigenvalue weighted by atomic mass is 32.2. The van der Waals surface area contributed by atoms with Gasteiger partial charge in [0, 0.05) is 33.2 Å². The van der Waals surface area contributed by atoms with Gasteiger partial charge in [-0.05, 0) is 44.5 Å². The van der Waals surface area contributed by atoms with Gasteiger partial charge in [-0.15, -0.1) is 0 Å². The van der Waals surface area contributed by atoms with Crippen molar-refractivity contribution in [2.24, 2.45) is 7.05 Å². The van der Waals surface area contributed by atoms with Crippen LogP contribution in [-0.2, 0) is 17.1 Å². The monoisotopic (exact) mass is 468 g/mol. The van der Waals surface area contributed by atoms with Crippen molar-refractivity contribution >= 4 is 15.9 Å². The molecule has 1 aliphatic rings. The summed E-state index contributed by atoms with van der Waals surface area (Å²) in [7, 11) is -1.97. The second-order valence-corrected chi connectivity index (χ2v) is 9.96. The molecule has 0 radical (unpaired) electrons. The summed E-state index contributed by atoms with van der Waals surface area (Å²) < 4.78 is 35.7. The number of hydrogen-bond acceptors (Lipinski definition) is 5. The Balaban J connectivity index is 1.52. The minimum atomic E-state index is -3.70. The molecule has 174 valence electrons. The highest BCUT2D eigenvalue weighted by molar-refractivity contribution is 7.89. The van der Waals surface area contributed by atoms with Gasteiger partial charge in [0.2, 0.25) is 10.0 Å². The van der Waals surface area contributed by atoms with E-state index in [9.17, 15) is 13.2 Å². The van der Waals surface area contributed by atoms with Crippen molar-refractivity contribution < 1.29 is 17.9 Å². The second-order valence-electron chi connectivity index (χ2n) is 8.08. The standard InChI is InChI=1S/C24H28N4O4S/c1-18-23(19(2)26(3)25-18)33(30,31)28-15-9-14-27(16-17-28)24(29)21-12-7-8-13-22(21)32-20-10-5-4-6-11-20/h4-8,10-13H,9,14-17H2,1-3H3. The van der Waals surface area contributed by atoms with Crippen molar-refractivity contribution in [3.63, 3.8) is 0 Å². The largest absolute Gasteiger partial charge is 0.457 e. The first-order valence-electron chi connectivity index (χ1n) is 10.9. The predicted octanol–water partition coefficient (Wildman–Crippen LogP) is 3.37. The van der Waals surface area contributed by atoms with Crippen LogP contribution < -0.4 is 4.74 Å². The molecule has 0 atom stereocenters. The number of carbonyl (C=O) groups is 1. The molecule has 0 N–H and O–H groups in total. The summed E-state index contributed by atoms with van der Waals surface area (Å²) in [5.74, 6) is 0.951. The van der Waals surface area contributed by atoms with E-state index in [1.807, 2.05) is 36.4 Å². The fourth-order valence-corrected chi connectivity index (χ4v) is 5.98. The lowest BCUT2D eigenvalue weighted by atomic mass is 10.1. The van der Waals surface area contributed by atoms with Gasteiger partial charge in [-0.25, -0.2) is 8.42 Å². The van der Waals surface area contributed by atoms with Crippen molar-refractivity contribution in [2.45, 2.75) is 25.2 Å². The Bertz CT molecular complexity index is 1250. The summed E-state index contributed by atoms with van der Waals surface area (Å²) in [5.41, 5.74) is 1.55. The Labute approximate surface area is 194 Å². The molecule has 0 spiro atoms. The van der Waals surface area contributed by atoms with Gasteiger partial charge in [0.1, 0.15) is 16.4 Å². The Kier molecular flexibility index (Phi) is 6.53. The lowest BCUT2D eigenvalue weighted by Gasteiger charge is -2.23. The van der Waals surface area contributed by atoms with Crippen molar-refractivity contribution in [1.29, 1.82) is 0 Å². The van der Waals surface area contributed by atoms with Crippen LogP contribution in [0.2, 0.25) is 0 Å². The summed E-state index contributed by atoms with van der Waals surface area (Å²) in [4.78, 5) is 15.3. The quantitative estimate of drug-likeness (QED) is 0.573. The molecule has 33 heavy (non-hydrogen) atoms. The predicted molar refractivity (Wildman–Crippen MR) is 125 cm³/mol. The van der Waals surface area contributed by atoms with Crippen molar-refractivity contribution in [3.05, 3.63) is 71.5 Å². The maximum atomic E-state index is 13.4. The second kappa shape index (κ2) is 9.36.